The molecule has 30 atom stereocenters. The zero-order chi connectivity index (χ0) is 92.8. The number of aromatic nitrogens is 6. The average molecular weight is 1850 g/mol. The highest BCUT2D eigenvalue weighted by Gasteiger charge is 2.56. The van der Waals surface area contributed by atoms with Gasteiger partial charge in [-0.3, -0.25) is 33.6 Å². The molecule has 42 heteroatoms. The topological polar surface area (TPSA) is 558 Å². The minimum absolute atomic E-state index is 0.0156. The standard InChI is InChI=1S/C88H144N12O30/c1-7-54-40-56(42-61(77(54)129-87-74(111)72(109)68(105)49(4)121-87)126-86-67(92-51(6)103)79(71(108)66(47-102)128-86)124-64(84(117)98-28-17-29-98)39-53-20-13-10-14-21-53)60(104)22-15-23-89-81(114)58-44-99(95-93-58)30-32-118-34-36-120-37-35-119-33-31-100-45-59(94-96-100)82(115)91-25-24-90-80(113)57-41-55(8-2)78(130-88-75(112)73(110)69(106)50(5)122-88)62(43-57)125-85-48(3)76(70(107)65(46-101)127-85)123-63(83(116)97-26-16-27-97)38-52-18-11-9-12-19-52/h44-45,48-50,52-57,61-79,85-88,101-102,105-112H,7-43,46-47H2,1-6H3,(H,89,114)(H,90,113)(H,91,115)(H,92,103)/t48-,49+,50+,54+,55+,56-,57-,61-,62-,63+,64+,65-,66-,67-,68-,69-,70+,71+,72-,73-,74+,75+,76-,77-,78-,79-,85-,86-,87+,88+/m1/s1. The van der Waals surface area contributed by atoms with E-state index >= 15 is 0 Å². The summed E-state index contributed by atoms with van der Waals surface area (Å²) in [4.78, 5) is 99.9. The van der Waals surface area contributed by atoms with Gasteiger partial charge in [-0.25, -0.2) is 9.36 Å². The average Bonchev–Trinajstić information content (AvgIpc) is 0.883. The first kappa shape index (κ1) is 103. The number of hydrogen-bond donors (Lipinski definition) is 14. The van der Waals surface area contributed by atoms with Gasteiger partial charge in [-0.05, 0) is 95.3 Å². The maximum atomic E-state index is 14.4. The number of nitrogens with zero attached hydrogens (tertiary/aromatic N) is 8. The Balaban J connectivity index is 0.545. The molecular formula is C88H144N12O30. The summed E-state index contributed by atoms with van der Waals surface area (Å²) in [5.41, 5.74) is 0.0843. The molecule has 736 valence electrons. The Labute approximate surface area is 758 Å². The fourth-order valence-corrected chi connectivity index (χ4v) is 19.7. The number of amides is 6. The number of aliphatic hydroxyl groups excluding tert-OH is 10. The van der Waals surface area contributed by atoms with E-state index < -0.39 is 214 Å². The van der Waals surface area contributed by atoms with Crippen molar-refractivity contribution in [1.82, 2.24) is 61.1 Å². The lowest BCUT2D eigenvalue weighted by Gasteiger charge is -2.49. The molecule has 4 aliphatic carbocycles. The number of nitrogens with one attached hydrogen (secondary N) is 4. The van der Waals surface area contributed by atoms with Gasteiger partial charge in [0.25, 0.3) is 23.6 Å². The van der Waals surface area contributed by atoms with Crippen molar-refractivity contribution in [3.8, 4) is 0 Å². The molecule has 2 aromatic rings. The van der Waals surface area contributed by atoms with Gasteiger partial charge >= 0.3 is 0 Å². The lowest BCUT2D eigenvalue weighted by molar-refractivity contribution is -0.343. The normalized spacial score (nSPS) is 35.1. The summed E-state index contributed by atoms with van der Waals surface area (Å²) in [5, 5.41) is 138. The molecule has 42 nitrogen and oxygen atoms in total. The van der Waals surface area contributed by atoms with E-state index in [1.54, 1.807) is 23.6 Å². The molecule has 0 spiro atoms. The van der Waals surface area contributed by atoms with Crippen LogP contribution in [0.1, 0.15) is 204 Å². The zero-order valence-electron chi connectivity index (χ0n) is 75.9. The van der Waals surface area contributed by atoms with Crippen molar-refractivity contribution in [2.75, 3.05) is 98.7 Å². The second-order valence-electron chi connectivity index (χ2n) is 37.1. The molecule has 12 rings (SSSR count). The number of carbonyl (C=O) groups is 7. The molecular weight excluding hydrogens is 1710 g/mol. The van der Waals surface area contributed by atoms with E-state index in [0.29, 0.717) is 64.7 Å². The molecule has 0 bridgehead atoms. The Bertz CT molecular complexity index is 3840. The third kappa shape index (κ3) is 27.2. The van der Waals surface area contributed by atoms with Crippen LogP contribution in [0, 0.1) is 41.4 Å². The molecule has 6 aliphatic heterocycles. The summed E-state index contributed by atoms with van der Waals surface area (Å²) in [5.74, 6) is -4.88. The summed E-state index contributed by atoms with van der Waals surface area (Å²) in [7, 11) is 0. The number of hydrogen-bond acceptors (Lipinski definition) is 34. The van der Waals surface area contributed by atoms with Crippen molar-refractivity contribution in [1.29, 1.82) is 0 Å². The highest BCUT2D eigenvalue weighted by atomic mass is 16.7. The summed E-state index contributed by atoms with van der Waals surface area (Å²) < 4.78 is 84.7. The van der Waals surface area contributed by atoms with Gasteiger partial charge in [0.2, 0.25) is 11.8 Å². The lowest BCUT2D eigenvalue weighted by Crippen LogP contribution is -2.67. The van der Waals surface area contributed by atoms with Crippen molar-refractivity contribution >= 4 is 41.2 Å². The van der Waals surface area contributed by atoms with E-state index in [4.69, 9.17) is 61.6 Å². The molecule has 0 radical (unpaired) electrons. The summed E-state index contributed by atoms with van der Waals surface area (Å²) in [6.07, 6.45) is -12.6. The van der Waals surface area contributed by atoms with Gasteiger partial charge in [-0.2, -0.15) is 0 Å². The minimum Gasteiger partial charge on any atom is -0.394 e. The van der Waals surface area contributed by atoms with E-state index in [1.165, 1.54) is 35.6 Å². The van der Waals surface area contributed by atoms with E-state index in [9.17, 15) is 84.6 Å². The maximum Gasteiger partial charge on any atom is 0.273 e. The molecule has 8 heterocycles. The Morgan fingerprint density at radius 2 is 0.915 bits per heavy atom. The SMILES string of the molecule is CC[C@H]1C[C@@H](C(=O)NCCNC(=O)c2cn(CCOCCOCCOCCn3cc(C(=O)NCCCC(=O)[C@@H]4C[C@H](CC)[C@@H](O[C@@H]5O[C@@H](C)[C@@H](O)[C@@H](O)[C@@H]5O)[C@H](O[C@@H]5O[C@H](CO)[C@H](O)[C@H](O[C@@H](CC6CCCCC6)C(=O)N6CCC6)[C@H]5NC(C)=O)C4)nn3)nn2)C[C@@H](O[C@@H]2O[C@H](CO)[C@H](O)[C@H](O[C@@H](CC3CCCCC3)C(=O)N3CCC3)[C@H]2C)[C@@H]1O[C@@H]1O[C@@H](C)[C@@H](O)[C@@H](O)[C@@H]1O. The van der Waals surface area contributed by atoms with Crippen molar-refractivity contribution in [3.63, 3.8) is 0 Å². The Hall–Kier alpha value is -6.15. The number of rotatable bonds is 46. The van der Waals surface area contributed by atoms with Crippen LogP contribution in [0.2, 0.25) is 0 Å². The summed E-state index contributed by atoms with van der Waals surface area (Å²) >= 11 is 0. The fraction of sp³-hybridized carbons (Fsp3) is 0.875. The van der Waals surface area contributed by atoms with Gasteiger partial charge in [-0.15, -0.1) is 10.2 Å². The molecule has 2 aromatic heterocycles. The van der Waals surface area contributed by atoms with E-state index in [-0.39, 0.29) is 145 Å². The number of aliphatic hydroxyl groups is 10. The van der Waals surface area contributed by atoms with Crippen LogP contribution in [-0.2, 0) is 98.6 Å². The highest BCUT2D eigenvalue weighted by Crippen LogP contribution is 2.44. The third-order valence-electron chi connectivity index (χ3n) is 27.8. The first-order valence-electron chi connectivity index (χ1n) is 47.6. The predicted molar refractivity (Wildman–Crippen MR) is 454 cm³/mol. The van der Waals surface area contributed by atoms with Crippen LogP contribution in [0.5, 0.6) is 0 Å². The fourth-order valence-electron chi connectivity index (χ4n) is 19.7. The van der Waals surface area contributed by atoms with Crippen molar-refractivity contribution in [2.24, 2.45) is 41.4 Å². The van der Waals surface area contributed by atoms with Gasteiger partial charge in [0, 0.05) is 76.9 Å². The van der Waals surface area contributed by atoms with Crippen LogP contribution in [-0.4, -0.2) is 384 Å². The van der Waals surface area contributed by atoms with E-state index in [2.05, 4.69) is 41.9 Å². The molecule has 0 unspecified atom stereocenters. The molecule has 6 amide bonds. The van der Waals surface area contributed by atoms with Gasteiger partial charge in [0.15, 0.2) is 36.5 Å². The van der Waals surface area contributed by atoms with Crippen LogP contribution < -0.4 is 21.3 Å². The molecule has 14 N–H and O–H groups in total. The van der Waals surface area contributed by atoms with Crippen molar-refractivity contribution in [3.05, 3.63) is 23.8 Å². The predicted octanol–water partition coefficient (Wildman–Crippen LogP) is -1.18. The zero-order valence-corrected chi connectivity index (χ0v) is 75.9. The quantitative estimate of drug-likeness (QED) is 0.0347. The van der Waals surface area contributed by atoms with Crippen LogP contribution >= 0.6 is 0 Å². The third-order valence-corrected chi connectivity index (χ3v) is 27.8. The number of likely N-dealkylation sites (tertiary alicyclic amines) is 2. The Morgan fingerprint density at radius 3 is 1.38 bits per heavy atom. The molecule has 10 aliphatic rings. The monoisotopic (exact) mass is 1850 g/mol. The van der Waals surface area contributed by atoms with E-state index in [1.807, 2.05) is 13.8 Å². The second kappa shape index (κ2) is 50.1. The highest BCUT2D eigenvalue weighted by molar-refractivity contribution is 5.92. The first-order chi connectivity index (χ1) is 62.6. The van der Waals surface area contributed by atoms with Gasteiger partial charge < -0.3 is 144 Å². The van der Waals surface area contributed by atoms with Crippen LogP contribution in [0.15, 0.2) is 12.4 Å². The Kier molecular flexibility index (Phi) is 39.6. The smallest absolute Gasteiger partial charge is 0.273 e. The van der Waals surface area contributed by atoms with Crippen molar-refractivity contribution in [2.45, 2.75) is 349 Å². The second-order valence-corrected chi connectivity index (χ2v) is 37.1. The molecule has 0 aromatic carbocycles. The van der Waals surface area contributed by atoms with Crippen molar-refractivity contribution < 1.29 is 146 Å². The van der Waals surface area contributed by atoms with Gasteiger partial charge in [-0.1, -0.05) is 108 Å². The lowest BCUT2D eigenvalue weighted by atomic mass is 9.74. The first-order valence-corrected chi connectivity index (χ1v) is 47.6. The molecule has 6 saturated heterocycles. The Morgan fingerprint density at radius 1 is 0.477 bits per heavy atom. The largest absolute Gasteiger partial charge is 0.394 e. The van der Waals surface area contributed by atoms with Crippen LogP contribution in [0.3, 0.4) is 0 Å². The number of Topliss-reactive ketones (excluding diaryl/α,β-unsaturated/α-hetero) is 1. The van der Waals surface area contributed by atoms with E-state index in [0.717, 1.165) is 77.0 Å². The van der Waals surface area contributed by atoms with Gasteiger partial charge in [0.1, 0.15) is 91.2 Å². The molecule has 130 heavy (non-hydrogen) atoms. The number of carbonyl (C=O) groups excluding carboxylic acids is 7. The van der Waals surface area contributed by atoms with Gasteiger partial charge in [0.05, 0.1) is 121 Å². The maximum absolute atomic E-state index is 14.4. The van der Waals surface area contributed by atoms with Crippen LogP contribution in [0.4, 0.5) is 0 Å². The summed E-state index contributed by atoms with van der Waals surface area (Å²) in [6.45, 7) is 13.1. The number of ether oxygens (including phenoxy) is 13. The summed E-state index contributed by atoms with van der Waals surface area (Å²) in [6, 6.07) is -1.26. The molecule has 4 saturated carbocycles. The minimum atomic E-state index is -1.69. The van der Waals surface area contributed by atoms with Crippen LogP contribution in [0.25, 0.3) is 0 Å². The molecule has 10 fully saturated rings. The number of ketones is 1.